The van der Waals surface area contributed by atoms with Crippen LogP contribution in [0.1, 0.15) is 32.1 Å². The zero-order valence-corrected chi connectivity index (χ0v) is 9.92. The van der Waals surface area contributed by atoms with Crippen LogP contribution in [-0.2, 0) is 4.79 Å². The van der Waals surface area contributed by atoms with Crippen molar-refractivity contribution in [2.24, 2.45) is 11.1 Å². The molecule has 5 nitrogen and oxygen atoms in total. The molecule has 0 radical (unpaired) electrons. The van der Waals surface area contributed by atoms with Crippen LogP contribution in [0.25, 0.3) is 0 Å². The fraction of sp³-hybridized carbons (Fsp3) is 0.700. The SMILES string of the molecule is NCC1(C(=O)Nc2cnns2)CCCCC1. The zero-order chi connectivity index (χ0) is 11.4. The Kier molecular flexibility index (Phi) is 3.50. The van der Waals surface area contributed by atoms with Crippen LogP contribution >= 0.6 is 11.5 Å². The average Bonchev–Trinajstić information content (AvgIpc) is 2.82. The minimum atomic E-state index is -0.373. The average molecular weight is 240 g/mol. The Balaban J connectivity index is 2.06. The topological polar surface area (TPSA) is 80.9 Å². The molecule has 1 heterocycles. The van der Waals surface area contributed by atoms with Crippen molar-refractivity contribution >= 4 is 22.4 Å². The first-order valence-corrected chi connectivity index (χ1v) is 6.33. The van der Waals surface area contributed by atoms with Crippen molar-refractivity contribution < 1.29 is 4.79 Å². The molecule has 0 saturated heterocycles. The van der Waals surface area contributed by atoms with Gasteiger partial charge >= 0.3 is 0 Å². The number of carbonyl (C=O) groups excluding carboxylic acids is 1. The van der Waals surface area contributed by atoms with E-state index in [2.05, 4.69) is 14.9 Å². The van der Waals surface area contributed by atoms with Crippen LogP contribution in [-0.4, -0.2) is 22.0 Å². The molecule has 3 N–H and O–H groups in total. The van der Waals surface area contributed by atoms with Crippen molar-refractivity contribution in [3.8, 4) is 0 Å². The maximum atomic E-state index is 12.2. The molecule has 6 heteroatoms. The van der Waals surface area contributed by atoms with Gasteiger partial charge in [0.1, 0.15) is 5.00 Å². The first kappa shape index (κ1) is 11.5. The van der Waals surface area contributed by atoms with Gasteiger partial charge in [0.15, 0.2) is 0 Å². The summed E-state index contributed by atoms with van der Waals surface area (Å²) in [5.41, 5.74) is 5.41. The third-order valence-electron chi connectivity index (χ3n) is 3.28. The van der Waals surface area contributed by atoms with E-state index in [9.17, 15) is 4.79 Å². The molecule has 1 saturated carbocycles. The van der Waals surface area contributed by atoms with E-state index < -0.39 is 0 Å². The van der Waals surface area contributed by atoms with Crippen molar-refractivity contribution in [3.63, 3.8) is 0 Å². The van der Waals surface area contributed by atoms with Gasteiger partial charge < -0.3 is 11.1 Å². The third kappa shape index (κ3) is 2.22. The first-order chi connectivity index (χ1) is 7.77. The van der Waals surface area contributed by atoms with E-state index in [4.69, 9.17) is 5.73 Å². The summed E-state index contributed by atoms with van der Waals surface area (Å²) in [5, 5.41) is 7.25. The highest BCUT2D eigenvalue weighted by molar-refractivity contribution is 7.10. The van der Waals surface area contributed by atoms with Gasteiger partial charge in [-0.3, -0.25) is 4.79 Å². The molecule has 1 aromatic heterocycles. The van der Waals surface area contributed by atoms with Crippen LogP contribution in [0.4, 0.5) is 5.00 Å². The predicted molar refractivity (Wildman–Crippen MR) is 63.1 cm³/mol. The summed E-state index contributed by atoms with van der Waals surface area (Å²) in [6.45, 7) is 0.422. The quantitative estimate of drug-likeness (QED) is 0.836. The van der Waals surface area contributed by atoms with Crippen molar-refractivity contribution in [2.75, 3.05) is 11.9 Å². The van der Waals surface area contributed by atoms with Gasteiger partial charge in [-0.05, 0) is 12.8 Å². The highest BCUT2D eigenvalue weighted by atomic mass is 32.1. The zero-order valence-electron chi connectivity index (χ0n) is 9.11. The van der Waals surface area contributed by atoms with Gasteiger partial charge in [0.25, 0.3) is 0 Å². The van der Waals surface area contributed by atoms with E-state index in [-0.39, 0.29) is 11.3 Å². The molecule has 16 heavy (non-hydrogen) atoms. The van der Waals surface area contributed by atoms with Crippen LogP contribution < -0.4 is 11.1 Å². The Morgan fingerprint density at radius 2 is 2.25 bits per heavy atom. The van der Waals surface area contributed by atoms with Gasteiger partial charge in [0.05, 0.1) is 11.6 Å². The molecule has 0 spiro atoms. The number of carbonyl (C=O) groups is 1. The number of nitrogens with two attached hydrogens (primary N) is 1. The summed E-state index contributed by atoms with van der Waals surface area (Å²) < 4.78 is 3.71. The molecule has 88 valence electrons. The number of rotatable bonds is 3. The van der Waals surface area contributed by atoms with Crippen LogP contribution in [0.3, 0.4) is 0 Å². The van der Waals surface area contributed by atoms with E-state index in [0.717, 1.165) is 25.7 Å². The lowest BCUT2D eigenvalue weighted by atomic mass is 9.73. The smallest absolute Gasteiger partial charge is 0.232 e. The van der Waals surface area contributed by atoms with Crippen molar-refractivity contribution in [1.29, 1.82) is 0 Å². The summed E-state index contributed by atoms with van der Waals surface area (Å²) >= 11 is 1.19. The number of nitrogens with one attached hydrogen (secondary N) is 1. The third-order valence-corrected chi connectivity index (χ3v) is 3.86. The van der Waals surface area contributed by atoms with Crippen LogP contribution in [0.5, 0.6) is 0 Å². The summed E-state index contributed by atoms with van der Waals surface area (Å²) in [6, 6.07) is 0. The number of hydrogen-bond acceptors (Lipinski definition) is 5. The van der Waals surface area contributed by atoms with E-state index in [1.807, 2.05) is 0 Å². The molecule has 1 aliphatic carbocycles. The van der Waals surface area contributed by atoms with E-state index in [1.54, 1.807) is 6.20 Å². The lowest BCUT2D eigenvalue weighted by Gasteiger charge is -2.34. The molecular formula is C10H16N4OS. The second-order valence-corrected chi connectivity index (χ2v) is 5.07. The molecule has 1 fully saturated rings. The fourth-order valence-corrected chi connectivity index (χ4v) is 2.63. The second kappa shape index (κ2) is 4.88. The largest absolute Gasteiger partial charge is 0.329 e. The molecular weight excluding hydrogens is 224 g/mol. The van der Waals surface area contributed by atoms with E-state index >= 15 is 0 Å². The standard InChI is InChI=1S/C10H16N4OS/c11-7-10(4-2-1-3-5-10)9(15)13-8-6-12-14-16-8/h6H,1-5,7,11H2,(H,13,15). The summed E-state index contributed by atoms with van der Waals surface area (Å²) in [7, 11) is 0. The molecule has 0 unspecified atom stereocenters. The van der Waals surface area contributed by atoms with Crippen molar-refractivity contribution in [1.82, 2.24) is 9.59 Å². The molecule has 0 bridgehead atoms. The summed E-state index contributed by atoms with van der Waals surface area (Å²) in [5.74, 6) is 0.0285. The van der Waals surface area contributed by atoms with Gasteiger partial charge in [0.2, 0.25) is 5.91 Å². The first-order valence-electron chi connectivity index (χ1n) is 5.56. The van der Waals surface area contributed by atoms with Gasteiger partial charge in [-0.25, -0.2) is 0 Å². The van der Waals surface area contributed by atoms with E-state index in [1.165, 1.54) is 18.0 Å². The highest BCUT2D eigenvalue weighted by Gasteiger charge is 2.38. The predicted octanol–water partition coefficient (Wildman–Crippen LogP) is 1.39. The normalized spacial score (nSPS) is 19.3. The number of aromatic nitrogens is 2. The molecule has 0 aliphatic heterocycles. The Hall–Kier alpha value is -1.01. The van der Waals surface area contributed by atoms with Crippen molar-refractivity contribution in [2.45, 2.75) is 32.1 Å². The summed E-state index contributed by atoms with van der Waals surface area (Å²) in [6.07, 6.45) is 6.73. The molecule has 2 rings (SSSR count). The minimum Gasteiger partial charge on any atom is -0.329 e. The Morgan fingerprint density at radius 3 is 2.81 bits per heavy atom. The maximum Gasteiger partial charge on any atom is 0.232 e. The molecule has 1 aromatic rings. The number of hydrogen-bond donors (Lipinski definition) is 2. The molecule has 0 atom stereocenters. The minimum absolute atomic E-state index is 0.0285. The highest BCUT2D eigenvalue weighted by Crippen LogP contribution is 2.36. The van der Waals surface area contributed by atoms with Gasteiger partial charge in [-0.1, -0.05) is 23.8 Å². The Labute approximate surface area is 98.6 Å². The van der Waals surface area contributed by atoms with Crippen LogP contribution in [0.2, 0.25) is 0 Å². The van der Waals surface area contributed by atoms with Crippen LogP contribution in [0.15, 0.2) is 6.20 Å². The Bertz CT molecular complexity index is 346. The van der Waals surface area contributed by atoms with Gasteiger partial charge in [0, 0.05) is 18.1 Å². The van der Waals surface area contributed by atoms with Gasteiger partial charge in [-0.2, -0.15) is 0 Å². The fourth-order valence-electron chi connectivity index (χ4n) is 2.22. The lowest BCUT2D eigenvalue weighted by molar-refractivity contribution is -0.126. The molecule has 1 amide bonds. The monoisotopic (exact) mass is 240 g/mol. The molecule has 0 aromatic carbocycles. The van der Waals surface area contributed by atoms with Gasteiger partial charge in [-0.15, -0.1) is 5.10 Å². The van der Waals surface area contributed by atoms with E-state index in [0.29, 0.717) is 11.5 Å². The summed E-state index contributed by atoms with van der Waals surface area (Å²) in [4.78, 5) is 12.2. The number of amides is 1. The second-order valence-electron chi connectivity index (χ2n) is 4.28. The van der Waals surface area contributed by atoms with Crippen molar-refractivity contribution in [3.05, 3.63) is 6.20 Å². The molecule has 1 aliphatic rings. The Morgan fingerprint density at radius 1 is 1.50 bits per heavy atom. The number of anilines is 1. The lowest BCUT2D eigenvalue weighted by Crippen LogP contribution is -2.43. The maximum absolute atomic E-state index is 12.2. The number of nitrogens with zero attached hydrogens (tertiary/aromatic N) is 2. The van der Waals surface area contributed by atoms with Crippen LogP contribution in [0, 0.1) is 5.41 Å².